The maximum atomic E-state index is 13.6. The normalized spacial score (nSPS) is 12.8. The Morgan fingerprint density at radius 3 is 2.62 bits per heavy atom. The molecule has 84 valence electrons. The molecule has 1 atom stereocenters. The van der Waals surface area contributed by atoms with E-state index in [0.717, 1.165) is 12.1 Å². The molecule has 0 bridgehead atoms. The van der Waals surface area contributed by atoms with Gasteiger partial charge in [-0.05, 0) is 36.8 Å². The summed E-state index contributed by atoms with van der Waals surface area (Å²) in [6, 6.07) is 5.50. The summed E-state index contributed by atoms with van der Waals surface area (Å²) >= 11 is 6.00. The number of hydrogen-bond donors (Lipinski definition) is 0. The van der Waals surface area contributed by atoms with Crippen molar-refractivity contribution in [2.45, 2.75) is 12.3 Å². The molecule has 0 saturated carbocycles. The fourth-order valence-electron chi connectivity index (χ4n) is 1.44. The van der Waals surface area contributed by atoms with Gasteiger partial charge in [-0.1, -0.05) is 0 Å². The number of hydrogen-bond acceptors (Lipinski definition) is 1. The topological polar surface area (TPSA) is 13.1 Å². The molecule has 1 nitrogen and oxygen atoms in total. The van der Waals surface area contributed by atoms with Crippen LogP contribution in [0.15, 0.2) is 34.9 Å². The van der Waals surface area contributed by atoms with E-state index in [1.807, 2.05) is 0 Å². The van der Waals surface area contributed by atoms with E-state index in [1.54, 1.807) is 12.1 Å². The number of rotatable bonds is 2. The molecule has 0 saturated heterocycles. The van der Waals surface area contributed by atoms with E-state index in [4.69, 9.17) is 16.0 Å². The highest BCUT2D eigenvalue weighted by Crippen LogP contribution is 2.31. The monoisotopic (exact) mass is 242 g/mol. The van der Waals surface area contributed by atoms with Gasteiger partial charge < -0.3 is 4.42 Å². The van der Waals surface area contributed by atoms with Crippen LogP contribution in [0.4, 0.5) is 8.78 Å². The number of alkyl halides is 1. The molecular weight excluding hydrogens is 234 g/mol. The summed E-state index contributed by atoms with van der Waals surface area (Å²) in [6.07, 6.45) is 1.44. The molecule has 0 spiro atoms. The smallest absolute Gasteiger partial charge is 0.128 e. The molecule has 2 aromatic rings. The Balaban J connectivity index is 2.44. The van der Waals surface area contributed by atoms with Crippen molar-refractivity contribution in [1.82, 2.24) is 0 Å². The number of halogens is 3. The minimum Gasteiger partial charge on any atom is -0.467 e. The molecule has 2 rings (SSSR count). The first kappa shape index (κ1) is 11.1. The van der Waals surface area contributed by atoms with Crippen molar-refractivity contribution in [2.24, 2.45) is 0 Å². The maximum Gasteiger partial charge on any atom is 0.128 e. The molecule has 16 heavy (non-hydrogen) atoms. The van der Waals surface area contributed by atoms with Crippen LogP contribution in [0.3, 0.4) is 0 Å². The lowest BCUT2D eigenvalue weighted by atomic mass is 10.1. The first-order valence-electron chi connectivity index (χ1n) is 4.72. The lowest BCUT2D eigenvalue weighted by Gasteiger charge is -2.09. The molecule has 0 fully saturated rings. The molecular formula is C12H9ClF2O. The third kappa shape index (κ3) is 1.95. The predicted octanol–water partition coefficient (Wildman–Crippen LogP) is 4.19. The van der Waals surface area contributed by atoms with Crippen molar-refractivity contribution in [3.05, 3.63) is 59.1 Å². The predicted molar refractivity (Wildman–Crippen MR) is 57.5 cm³/mol. The van der Waals surface area contributed by atoms with Gasteiger partial charge in [-0.25, -0.2) is 8.78 Å². The van der Waals surface area contributed by atoms with Crippen molar-refractivity contribution in [1.29, 1.82) is 0 Å². The average molecular weight is 243 g/mol. The standard InChI is InChI=1S/C12H9ClF2O/c1-7-5-10(15)8(6-9(7)14)12(13)11-3-2-4-16-11/h2-6,12H,1H3. The Labute approximate surface area is 96.6 Å². The van der Waals surface area contributed by atoms with Gasteiger partial charge in [0.1, 0.15) is 22.8 Å². The Morgan fingerprint density at radius 1 is 1.25 bits per heavy atom. The molecule has 4 heteroatoms. The highest BCUT2D eigenvalue weighted by atomic mass is 35.5. The third-order valence-corrected chi connectivity index (χ3v) is 2.79. The highest BCUT2D eigenvalue weighted by Gasteiger charge is 2.19. The molecule has 1 unspecified atom stereocenters. The minimum atomic E-state index is -0.815. The van der Waals surface area contributed by atoms with Crippen LogP contribution >= 0.6 is 11.6 Å². The van der Waals surface area contributed by atoms with E-state index < -0.39 is 17.0 Å². The molecule has 0 amide bonds. The second-order valence-electron chi connectivity index (χ2n) is 3.50. The van der Waals surface area contributed by atoms with E-state index in [2.05, 4.69) is 0 Å². The second-order valence-corrected chi connectivity index (χ2v) is 3.94. The van der Waals surface area contributed by atoms with Gasteiger partial charge >= 0.3 is 0 Å². The Hall–Kier alpha value is -1.35. The van der Waals surface area contributed by atoms with E-state index in [0.29, 0.717) is 5.76 Å². The van der Waals surface area contributed by atoms with Gasteiger partial charge in [0.05, 0.1) is 6.26 Å². The molecule has 1 aromatic carbocycles. The summed E-state index contributed by atoms with van der Waals surface area (Å²) in [4.78, 5) is 0. The van der Waals surface area contributed by atoms with Gasteiger partial charge in [0.2, 0.25) is 0 Å². The van der Waals surface area contributed by atoms with Crippen LogP contribution in [0, 0.1) is 18.6 Å². The van der Waals surface area contributed by atoms with E-state index in [-0.39, 0.29) is 11.1 Å². The third-order valence-electron chi connectivity index (χ3n) is 2.34. The summed E-state index contributed by atoms with van der Waals surface area (Å²) < 4.78 is 31.9. The Bertz CT molecular complexity index is 494. The van der Waals surface area contributed by atoms with Gasteiger partial charge in [-0.3, -0.25) is 0 Å². The fourth-order valence-corrected chi connectivity index (χ4v) is 1.74. The lowest BCUT2D eigenvalue weighted by molar-refractivity contribution is 0.507. The summed E-state index contributed by atoms with van der Waals surface area (Å²) in [5.41, 5.74) is 0.337. The minimum absolute atomic E-state index is 0.0831. The summed E-state index contributed by atoms with van der Waals surface area (Å²) in [5, 5.41) is -0.815. The first-order chi connectivity index (χ1) is 7.59. The van der Waals surface area contributed by atoms with Crippen LogP contribution < -0.4 is 0 Å². The van der Waals surface area contributed by atoms with Crippen LogP contribution in [0.1, 0.15) is 22.3 Å². The quantitative estimate of drug-likeness (QED) is 0.720. The summed E-state index contributed by atoms with van der Waals surface area (Å²) in [7, 11) is 0. The van der Waals surface area contributed by atoms with Gasteiger partial charge in [0.15, 0.2) is 0 Å². The second kappa shape index (κ2) is 4.26. The molecule has 0 radical (unpaired) electrons. The van der Waals surface area contributed by atoms with Crippen molar-refractivity contribution >= 4 is 11.6 Å². The molecule has 0 aliphatic carbocycles. The van der Waals surface area contributed by atoms with Crippen LogP contribution in [0.25, 0.3) is 0 Å². The van der Waals surface area contributed by atoms with E-state index in [9.17, 15) is 8.78 Å². The van der Waals surface area contributed by atoms with Crippen LogP contribution in [-0.2, 0) is 0 Å². The number of aryl methyl sites for hydroxylation is 1. The van der Waals surface area contributed by atoms with Crippen molar-refractivity contribution < 1.29 is 13.2 Å². The SMILES string of the molecule is Cc1cc(F)c(C(Cl)c2ccco2)cc1F. The Morgan fingerprint density at radius 2 is 2.00 bits per heavy atom. The molecule has 0 aliphatic rings. The maximum absolute atomic E-state index is 13.6. The molecule has 0 aliphatic heterocycles. The van der Waals surface area contributed by atoms with Crippen molar-refractivity contribution in [3.63, 3.8) is 0 Å². The van der Waals surface area contributed by atoms with Gasteiger partial charge in [-0.15, -0.1) is 11.6 Å². The lowest BCUT2D eigenvalue weighted by Crippen LogP contribution is -1.98. The van der Waals surface area contributed by atoms with Crippen LogP contribution in [-0.4, -0.2) is 0 Å². The van der Waals surface area contributed by atoms with E-state index >= 15 is 0 Å². The van der Waals surface area contributed by atoms with Crippen LogP contribution in [0.5, 0.6) is 0 Å². The Kier molecular flexibility index (Phi) is 2.97. The summed E-state index contributed by atoms with van der Waals surface area (Å²) in [6.45, 7) is 1.50. The van der Waals surface area contributed by atoms with Gasteiger partial charge in [0.25, 0.3) is 0 Å². The zero-order valence-electron chi connectivity index (χ0n) is 8.51. The number of benzene rings is 1. The fraction of sp³-hybridized carbons (Fsp3) is 0.167. The van der Waals surface area contributed by atoms with Crippen LogP contribution in [0.2, 0.25) is 0 Å². The number of furan rings is 1. The van der Waals surface area contributed by atoms with Crippen molar-refractivity contribution in [3.8, 4) is 0 Å². The molecule has 1 aromatic heterocycles. The zero-order valence-corrected chi connectivity index (χ0v) is 9.26. The molecule has 0 N–H and O–H groups in total. The van der Waals surface area contributed by atoms with Gasteiger partial charge in [-0.2, -0.15) is 0 Å². The highest BCUT2D eigenvalue weighted by molar-refractivity contribution is 6.22. The first-order valence-corrected chi connectivity index (χ1v) is 5.16. The van der Waals surface area contributed by atoms with Gasteiger partial charge in [0, 0.05) is 5.56 Å². The summed E-state index contributed by atoms with van der Waals surface area (Å²) in [5.74, 6) is -0.618. The zero-order chi connectivity index (χ0) is 11.7. The van der Waals surface area contributed by atoms with E-state index in [1.165, 1.54) is 13.2 Å². The average Bonchev–Trinajstić information content (AvgIpc) is 2.75. The van der Waals surface area contributed by atoms with Crippen molar-refractivity contribution in [2.75, 3.05) is 0 Å². The molecule has 1 heterocycles. The largest absolute Gasteiger partial charge is 0.467 e.